The molecule has 1 saturated heterocycles. The number of benzene rings is 1. The first kappa shape index (κ1) is 14.1. The summed E-state index contributed by atoms with van der Waals surface area (Å²) in [6.45, 7) is 5.40. The molecule has 1 aliphatic heterocycles. The lowest BCUT2D eigenvalue weighted by Gasteiger charge is -2.34. The van der Waals surface area contributed by atoms with E-state index in [4.69, 9.17) is 4.42 Å². The molecule has 0 aliphatic carbocycles. The van der Waals surface area contributed by atoms with Gasteiger partial charge in [-0.15, -0.1) is 0 Å². The average molecular weight is 290 g/mol. The van der Waals surface area contributed by atoms with Crippen LogP contribution in [0.3, 0.4) is 0 Å². The molecule has 4 nitrogen and oxygen atoms in total. The molecular weight excluding hydrogens is 271 g/mol. The van der Waals surface area contributed by atoms with Gasteiger partial charge in [-0.3, -0.25) is 9.80 Å². The number of piperazine rings is 1. The highest BCUT2D eigenvalue weighted by Gasteiger charge is 2.18. The lowest BCUT2D eigenvalue weighted by atomic mass is 10.2. The number of hydrogen-bond acceptors (Lipinski definition) is 4. The molecule has 2 heterocycles. The maximum atomic E-state index is 13.3. The third-order valence-electron chi connectivity index (χ3n) is 3.84. The van der Waals surface area contributed by atoms with E-state index in [1.165, 1.54) is 12.1 Å². The number of hydrogen-bond donors (Lipinski definition) is 1. The molecule has 0 amide bonds. The van der Waals surface area contributed by atoms with E-state index in [1.54, 1.807) is 12.3 Å². The molecule has 2 aromatic rings. The van der Waals surface area contributed by atoms with Gasteiger partial charge in [-0.25, -0.2) is 4.39 Å². The van der Waals surface area contributed by atoms with Gasteiger partial charge >= 0.3 is 0 Å². The maximum absolute atomic E-state index is 13.3. The first-order valence-corrected chi connectivity index (χ1v) is 7.15. The van der Waals surface area contributed by atoms with Crippen molar-refractivity contribution in [3.63, 3.8) is 0 Å². The number of phenolic OH excluding ortho intramolecular Hbond substituents is 1. The molecule has 0 saturated carbocycles. The summed E-state index contributed by atoms with van der Waals surface area (Å²) in [5, 5.41) is 9.20. The molecule has 1 aromatic carbocycles. The first-order chi connectivity index (χ1) is 10.2. The number of rotatable bonds is 4. The minimum atomic E-state index is -0.552. The Morgan fingerprint density at radius 2 is 1.76 bits per heavy atom. The Labute approximate surface area is 123 Å². The Bertz CT molecular complexity index is 578. The topological polar surface area (TPSA) is 39.9 Å². The van der Waals surface area contributed by atoms with Gasteiger partial charge in [0.05, 0.1) is 12.8 Å². The van der Waals surface area contributed by atoms with Crippen molar-refractivity contribution >= 4 is 0 Å². The summed E-state index contributed by atoms with van der Waals surface area (Å²) in [6, 6.07) is 8.49. The lowest BCUT2D eigenvalue weighted by Crippen LogP contribution is -2.45. The van der Waals surface area contributed by atoms with Gasteiger partial charge in [0.15, 0.2) is 11.6 Å². The van der Waals surface area contributed by atoms with Gasteiger partial charge in [-0.05, 0) is 29.8 Å². The van der Waals surface area contributed by atoms with Crippen LogP contribution in [0.1, 0.15) is 11.3 Å². The Balaban J connectivity index is 1.50. The van der Waals surface area contributed by atoms with Crippen LogP contribution in [0, 0.1) is 5.82 Å². The van der Waals surface area contributed by atoms with E-state index in [1.807, 2.05) is 12.1 Å². The monoisotopic (exact) mass is 290 g/mol. The number of halogens is 1. The van der Waals surface area contributed by atoms with Crippen LogP contribution in [-0.2, 0) is 13.1 Å². The summed E-state index contributed by atoms with van der Waals surface area (Å²) >= 11 is 0. The van der Waals surface area contributed by atoms with Crippen LogP contribution < -0.4 is 0 Å². The lowest BCUT2D eigenvalue weighted by molar-refractivity contribution is 0.116. The Kier molecular flexibility index (Phi) is 4.22. The number of furan rings is 1. The molecule has 0 atom stereocenters. The molecule has 0 unspecified atom stereocenters. The Morgan fingerprint density at radius 3 is 2.38 bits per heavy atom. The van der Waals surface area contributed by atoms with Gasteiger partial charge in [0.25, 0.3) is 0 Å². The van der Waals surface area contributed by atoms with Gasteiger partial charge < -0.3 is 9.52 Å². The maximum Gasteiger partial charge on any atom is 0.165 e. The highest BCUT2D eigenvalue weighted by atomic mass is 19.1. The predicted octanol–water partition coefficient (Wildman–Crippen LogP) is 2.44. The molecule has 0 radical (unpaired) electrons. The van der Waals surface area contributed by atoms with Crippen molar-refractivity contribution in [2.24, 2.45) is 0 Å². The second-order valence-electron chi connectivity index (χ2n) is 5.42. The number of aromatic hydroxyl groups is 1. The quantitative estimate of drug-likeness (QED) is 0.939. The van der Waals surface area contributed by atoms with Gasteiger partial charge in [0.2, 0.25) is 0 Å². The van der Waals surface area contributed by atoms with E-state index >= 15 is 0 Å². The minimum Gasteiger partial charge on any atom is -0.505 e. The van der Waals surface area contributed by atoms with E-state index in [-0.39, 0.29) is 5.75 Å². The molecule has 0 bridgehead atoms. The molecule has 112 valence electrons. The van der Waals surface area contributed by atoms with Crippen LogP contribution in [0.2, 0.25) is 0 Å². The molecule has 0 spiro atoms. The van der Waals surface area contributed by atoms with Gasteiger partial charge in [-0.2, -0.15) is 0 Å². The molecule has 1 fully saturated rings. The molecule has 21 heavy (non-hydrogen) atoms. The highest BCUT2D eigenvalue weighted by Crippen LogP contribution is 2.18. The van der Waals surface area contributed by atoms with Gasteiger partial charge in [0, 0.05) is 32.7 Å². The smallest absolute Gasteiger partial charge is 0.165 e. The number of nitrogens with zero attached hydrogens (tertiary/aromatic N) is 2. The number of phenols is 1. The Morgan fingerprint density at radius 1 is 1.05 bits per heavy atom. The summed E-state index contributed by atoms with van der Waals surface area (Å²) in [4.78, 5) is 4.65. The van der Waals surface area contributed by atoms with Crippen molar-refractivity contribution < 1.29 is 13.9 Å². The average Bonchev–Trinajstić information content (AvgIpc) is 2.98. The third kappa shape index (κ3) is 3.62. The second kappa shape index (κ2) is 6.28. The van der Waals surface area contributed by atoms with E-state index in [0.717, 1.165) is 44.0 Å². The molecular formula is C16H19FN2O2. The summed E-state index contributed by atoms with van der Waals surface area (Å²) in [5.41, 5.74) is 0.893. The molecule has 3 rings (SSSR count). The highest BCUT2D eigenvalue weighted by molar-refractivity contribution is 5.27. The van der Waals surface area contributed by atoms with Crippen LogP contribution in [0.25, 0.3) is 0 Å². The summed E-state index contributed by atoms with van der Waals surface area (Å²) < 4.78 is 18.7. The van der Waals surface area contributed by atoms with Crippen molar-refractivity contribution in [1.82, 2.24) is 9.80 Å². The largest absolute Gasteiger partial charge is 0.505 e. The SMILES string of the molecule is Oc1ccc(CN2CCN(Cc3ccco3)CC2)cc1F. The van der Waals surface area contributed by atoms with Crippen molar-refractivity contribution in [2.75, 3.05) is 26.2 Å². The molecule has 1 aromatic heterocycles. The fourth-order valence-electron chi connectivity index (χ4n) is 2.64. The zero-order valence-electron chi connectivity index (χ0n) is 11.8. The van der Waals surface area contributed by atoms with E-state index in [9.17, 15) is 9.50 Å². The standard InChI is InChI=1S/C16H19FN2O2/c17-15-10-13(3-4-16(15)20)11-18-5-7-19(8-6-18)12-14-2-1-9-21-14/h1-4,9-10,20H,5-8,11-12H2. The summed E-state index contributed by atoms with van der Waals surface area (Å²) in [7, 11) is 0. The third-order valence-corrected chi connectivity index (χ3v) is 3.84. The van der Waals surface area contributed by atoms with Crippen LogP contribution in [-0.4, -0.2) is 41.1 Å². The van der Waals surface area contributed by atoms with Gasteiger partial charge in [-0.1, -0.05) is 6.07 Å². The van der Waals surface area contributed by atoms with Gasteiger partial charge in [0.1, 0.15) is 5.76 Å². The van der Waals surface area contributed by atoms with Crippen LogP contribution >= 0.6 is 0 Å². The molecule has 1 N–H and O–H groups in total. The summed E-state index contributed by atoms with van der Waals surface area (Å²) in [5.74, 6) is 0.148. The Hall–Kier alpha value is -1.85. The van der Waals surface area contributed by atoms with Crippen molar-refractivity contribution in [3.8, 4) is 5.75 Å². The first-order valence-electron chi connectivity index (χ1n) is 7.15. The normalized spacial score (nSPS) is 17.2. The van der Waals surface area contributed by atoms with E-state index in [0.29, 0.717) is 6.54 Å². The fourth-order valence-corrected chi connectivity index (χ4v) is 2.64. The van der Waals surface area contributed by atoms with Crippen LogP contribution in [0.15, 0.2) is 41.0 Å². The zero-order valence-corrected chi connectivity index (χ0v) is 11.8. The van der Waals surface area contributed by atoms with Crippen molar-refractivity contribution in [3.05, 3.63) is 53.7 Å². The summed E-state index contributed by atoms with van der Waals surface area (Å²) in [6.07, 6.45) is 1.70. The van der Waals surface area contributed by atoms with Crippen LogP contribution in [0.5, 0.6) is 5.75 Å². The van der Waals surface area contributed by atoms with Crippen molar-refractivity contribution in [1.29, 1.82) is 0 Å². The van der Waals surface area contributed by atoms with Crippen LogP contribution in [0.4, 0.5) is 4.39 Å². The molecule has 5 heteroatoms. The fraction of sp³-hybridized carbons (Fsp3) is 0.375. The predicted molar refractivity (Wildman–Crippen MR) is 77.3 cm³/mol. The zero-order chi connectivity index (χ0) is 14.7. The van der Waals surface area contributed by atoms with E-state index < -0.39 is 5.82 Å². The second-order valence-corrected chi connectivity index (χ2v) is 5.42. The van der Waals surface area contributed by atoms with Crippen molar-refractivity contribution in [2.45, 2.75) is 13.1 Å². The van der Waals surface area contributed by atoms with E-state index in [2.05, 4.69) is 9.80 Å². The minimum absolute atomic E-state index is 0.290. The molecule has 1 aliphatic rings.